The number of anilines is 2. The fourth-order valence-electron chi connectivity index (χ4n) is 2.03. The Labute approximate surface area is 143 Å². The second kappa shape index (κ2) is 8.11. The zero-order valence-corrected chi connectivity index (χ0v) is 13.9. The molecule has 6 nitrogen and oxygen atoms in total. The molecule has 0 amide bonds. The molecule has 0 bridgehead atoms. The Morgan fingerprint density at radius 3 is 2.56 bits per heavy atom. The molecule has 0 saturated heterocycles. The van der Waals surface area contributed by atoms with Crippen LogP contribution in [0.15, 0.2) is 30.6 Å². The highest BCUT2D eigenvalue weighted by Crippen LogP contribution is 2.30. The Bertz CT molecular complexity index is 679. The standard InChI is InChI=1S/C16H20F3N5O/c1-10(2)12(9-25)22-15-23-13(16(17,18)19)6-14(24-15)21-8-11-4-3-5-20-7-11/h3-7,10,12,25H,8-9H2,1-2H3,(H2,21,22,23,24)/t12-/m1/s1. The Morgan fingerprint density at radius 1 is 1.24 bits per heavy atom. The van der Waals surface area contributed by atoms with Crippen LogP contribution in [0.1, 0.15) is 25.1 Å². The van der Waals surface area contributed by atoms with E-state index in [-0.39, 0.29) is 30.8 Å². The predicted octanol–water partition coefficient (Wildman–Crippen LogP) is 2.93. The highest BCUT2D eigenvalue weighted by Gasteiger charge is 2.34. The van der Waals surface area contributed by atoms with Crippen LogP contribution in [-0.2, 0) is 12.7 Å². The number of aromatic nitrogens is 3. The molecule has 2 rings (SSSR count). The van der Waals surface area contributed by atoms with E-state index in [1.165, 1.54) is 0 Å². The summed E-state index contributed by atoms with van der Waals surface area (Å²) in [6, 6.07) is 3.94. The molecule has 2 heterocycles. The molecule has 1 atom stereocenters. The molecule has 25 heavy (non-hydrogen) atoms. The van der Waals surface area contributed by atoms with Crippen LogP contribution in [0.25, 0.3) is 0 Å². The molecule has 0 radical (unpaired) electrons. The third kappa shape index (κ3) is 5.56. The van der Waals surface area contributed by atoms with Gasteiger partial charge in [-0.15, -0.1) is 0 Å². The van der Waals surface area contributed by atoms with Crippen molar-refractivity contribution >= 4 is 11.8 Å². The van der Waals surface area contributed by atoms with Crippen LogP contribution >= 0.6 is 0 Å². The molecule has 0 unspecified atom stereocenters. The molecule has 3 N–H and O–H groups in total. The first-order chi connectivity index (χ1) is 11.8. The second-order valence-corrected chi connectivity index (χ2v) is 5.85. The molecule has 0 aromatic carbocycles. The molecule has 2 aromatic heterocycles. The number of rotatable bonds is 7. The molecule has 0 aliphatic heterocycles. The summed E-state index contributed by atoms with van der Waals surface area (Å²) < 4.78 is 39.3. The molecule has 0 spiro atoms. The maximum absolute atomic E-state index is 13.1. The van der Waals surface area contributed by atoms with Gasteiger partial charge in [-0.1, -0.05) is 19.9 Å². The summed E-state index contributed by atoms with van der Waals surface area (Å²) in [6.45, 7) is 3.71. The van der Waals surface area contributed by atoms with E-state index < -0.39 is 17.9 Å². The van der Waals surface area contributed by atoms with Gasteiger partial charge >= 0.3 is 6.18 Å². The van der Waals surface area contributed by atoms with Crippen LogP contribution in [0, 0.1) is 5.92 Å². The summed E-state index contributed by atoms with van der Waals surface area (Å²) in [6.07, 6.45) is -1.38. The van der Waals surface area contributed by atoms with Gasteiger partial charge in [-0.05, 0) is 17.5 Å². The number of nitrogens with one attached hydrogen (secondary N) is 2. The van der Waals surface area contributed by atoms with Gasteiger partial charge in [0.05, 0.1) is 12.6 Å². The number of hydrogen-bond donors (Lipinski definition) is 3. The van der Waals surface area contributed by atoms with Gasteiger partial charge in [-0.25, -0.2) is 4.98 Å². The number of halogens is 3. The van der Waals surface area contributed by atoms with Crippen molar-refractivity contribution in [3.05, 3.63) is 41.9 Å². The number of hydrogen-bond acceptors (Lipinski definition) is 6. The monoisotopic (exact) mass is 355 g/mol. The van der Waals surface area contributed by atoms with Crippen molar-refractivity contribution in [2.75, 3.05) is 17.2 Å². The lowest BCUT2D eigenvalue weighted by molar-refractivity contribution is -0.141. The van der Waals surface area contributed by atoms with Crippen LogP contribution in [0.5, 0.6) is 0 Å². The highest BCUT2D eigenvalue weighted by atomic mass is 19.4. The van der Waals surface area contributed by atoms with Crippen molar-refractivity contribution < 1.29 is 18.3 Å². The summed E-state index contributed by atoms with van der Waals surface area (Å²) >= 11 is 0. The number of nitrogens with zero attached hydrogens (tertiary/aromatic N) is 3. The van der Waals surface area contributed by atoms with Gasteiger partial charge in [0, 0.05) is 25.0 Å². The lowest BCUT2D eigenvalue weighted by Crippen LogP contribution is -2.30. The Hall–Kier alpha value is -2.42. The molecule has 0 aliphatic carbocycles. The normalized spacial score (nSPS) is 12.9. The zero-order chi connectivity index (χ0) is 18.4. The minimum atomic E-state index is -4.60. The maximum Gasteiger partial charge on any atom is 0.433 e. The average molecular weight is 355 g/mol. The van der Waals surface area contributed by atoms with Crippen molar-refractivity contribution in [3.8, 4) is 0 Å². The van der Waals surface area contributed by atoms with E-state index in [4.69, 9.17) is 0 Å². The Balaban J connectivity index is 2.24. The van der Waals surface area contributed by atoms with E-state index in [2.05, 4.69) is 25.6 Å². The van der Waals surface area contributed by atoms with E-state index in [0.29, 0.717) is 0 Å². The fraction of sp³-hybridized carbons (Fsp3) is 0.438. The highest BCUT2D eigenvalue weighted by molar-refractivity contribution is 5.44. The van der Waals surface area contributed by atoms with Crippen LogP contribution < -0.4 is 10.6 Å². The smallest absolute Gasteiger partial charge is 0.394 e. The van der Waals surface area contributed by atoms with Crippen LogP contribution in [-0.4, -0.2) is 32.7 Å². The SMILES string of the molecule is CC(C)[C@@H](CO)Nc1nc(NCc2cccnc2)cc(C(F)(F)F)n1. The van der Waals surface area contributed by atoms with E-state index in [1.54, 1.807) is 24.5 Å². The number of aliphatic hydroxyl groups is 1. The number of pyridine rings is 1. The Morgan fingerprint density at radius 2 is 2.00 bits per heavy atom. The third-order valence-corrected chi connectivity index (χ3v) is 3.53. The molecule has 9 heteroatoms. The van der Waals surface area contributed by atoms with Gasteiger partial charge in [0.25, 0.3) is 0 Å². The summed E-state index contributed by atoms with van der Waals surface area (Å²) in [5.74, 6) is -0.152. The zero-order valence-electron chi connectivity index (χ0n) is 13.9. The first-order valence-corrected chi connectivity index (χ1v) is 7.76. The van der Waals surface area contributed by atoms with Crippen molar-refractivity contribution in [2.24, 2.45) is 5.92 Å². The lowest BCUT2D eigenvalue weighted by atomic mass is 10.1. The van der Waals surface area contributed by atoms with Gasteiger partial charge in [-0.2, -0.15) is 18.2 Å². The number of alkyl halides is 3. The van der Waals surface area contributed by atoms with Crippen LogP contribution in [0.3, 0.4) is 0 Å². The molecule has 2 aromatic rings. The minimum Gasteiger partial charge on any atom is -0.394 e. The maximum atomic E-state index is 13.1. The van der Waals surface area contributed by atoms with Gasteiger partial charge in [0.2, 0.25) is 5.95 Å². The topological polar surface area (TPSA) is 83.0 Å². The third-order valence-electron chi connectivity index (χ3n) is 3.53. The first-order valence-electron chi connectivity index (χ1n) is 7.76. The van der Waals surface area contributed by atoms with Crippen molar-refractivity contribution in [3.63, 3.8) is 0 Å². The summed E-state index contributed by atoms with van der Waals surface area (Å²) in [7, 11) is 0. The van der Waals surface area contributed by atoms with E-state index in [1.807, 2.05) is 13.8 Å². The van der Waals surface area contributed by atoms with Crippen molar-refractivity contribution in [1.82, 2.24) is 15.0 Å². The molecule has 0 fully saturated rings. The lowest BCUT2D eigenvalue weighted by Gasteiger charge is -2.21. The predicted molar refractivity (Wildman–Crippen MR) is 87.9 cm³/mol. The molecule has 136 valence electrons. The second-order valence-electron chi connectivity index (χ2n) is 5.85. The van der Waals surface area contributed by atoms with Gasteiger partial charge in [0.15, 0.2) is 5.69 Å². The fourth-order valence-corrected chi connectivity index (χ4v) is 2.03. The molecule has 0 aliphatic rings. The first kappa shape index (κ1) is 18.9. The van der Waals surface area contributed by atoms with E-state index in [0.717, 1.165) is 11.6 Å². The largest absolute Gasteiger partial charge is 0.433 e. The average Bonchev–Trinajstić information content (AvgIpc) is 2.57. The molecular formula is C16H20F3N5O. The quantitative estimate of drug-likeness (QED) is 0.708. The van der Waals surface area contributed by atoms with Crippen LogP contribution in [0.2, 0.25) is 0 Å². The molecular weight excluding hydrogens is 335 g/mol. The summed E-state index contributed by atoms with van der Waals surface area (Å²) in [5.41, 5.74) is -0.251. The van der Waals surface area contributed by atoms with E-state index >= 15 is 0 Å². The number of aliphatic hydroxyl groups excluding tert-OH is 1. The van der Waals surface area contributed by atoms with Gasteiger partial charge in [0.1, 0.15) is 5.82 Å². The Kier molecular flexibility index (Phi) is 6.13. The van der Waals surface area contributed by atoms with Crippen molar-refractivity contribution in [2.45, 2.75) is 32.6 Å². The van der Waals surface area contributed by atoms with Gasteiger partial charge < -0.3 is 15.7 Å². The molecule has 0 saturated carbocycles. The van der Waals surface area contributed by atoms with Crippen LogP contribution in [0.4, 0.5) is 24.9 Å². The van der Waals surface area contributed by atoms with Gasteiger partial charge in [-0.3, -0.25) is 4.98 Å². The van der Waals surface area contributed by atoms with E-state index in [9.17, 15) is 18.3 Å². The summed E-state index contributed by atoms with van der Waals surface area (Å²) in [4.78, 5) is 11.5. The summed E-state index contributed by atoms with van der Waals surface area (Å²) in [5, 5.41) is 14.9. The van der Waals surface area contributed by atoms with Crippen molar-refractivity contribution in [1.29, 1.82) is 0 Å². The minimum absolute atomic E-state index is 0.00468.